The Labute approximate surface area is 206 Å². The van der Waals surface area contributed by atoms with Gasteiger partial charge in [-0.05, 0) is 67.9 Å². The van der Waals surface area contributed by atoms with Crippen LogP contribution < -0.4 is 4.74 Å². The van der Waals surface area contributed by atoms with Gasteiger partial charge in [-0.2, -0.15) is 5.26 Å². The molecule has 3 atom stereocenters. The topological polar surface area (TPSA) is 96.6 Å². The first-order valence-electron chi connectivity index (χ1n) is 12.0. The van der Waals surface area contributed by atoms with Crippen molar-refractivity contribution in [2.45, 2.75) is 58.0 Å². The highest BCUT2D eigenvalue weighted by molar-refractivity contribution is 5.86. The van der Waals surface area contributed by atoms with Crippen LogP contribution >= 0.6 is 0 Å². The molecule has 0 amide bonds. The van der Waals surface area contributed by atoms with Crippen molar-refractivity contribution in [3.8, 4) is 17.6 Å². The number of benzene rings is 2. The number of ether oxygens (including phenoxy) is 2. The van der Waals surface area contributed by atoms with Gasteiger partial charge in [-0.25, -0.2) is 4.79 Å². The number of hydrogen-bond acceptors (Lipinski definition) is 5. The van der Waals surface area contributed by atoms with E-state index < -0.39 is 40.2 Å². The number of carboxylic acid groups (broad SMARTS) is 1. The standard InChI is InChI=1S/C29H31NO5/c1-27(2)24(14-15-25(31)35-28(3)16-7-8-17-28)29(27,26(32)33)23(19-30)20-10-9-13-22(18-20)34-21-11-5-4-6-12-21/h4-6,9-15,18,23-24H,7-8,16-17H2,1-3H3,(H,32,33)/b15-14-/t23-,24-,29+/m0/s1. The lowest BCUT2D eigenvalue weighted by Crippen LogP contribution is -2.29. The van der Waals surface area contributed by atoms with Gasteiger partial charge in [0.2, 0.25) is 0 Å². The van der Waals surface area contributed by atoms with Gasteiger partial charge >= 0.3 is 11.9 Å². The first-order chi connectivity index (χ1) is 16.6. The van der Waals surface area contributed by atoms with Gasteiger partial charge in [0.1, 0.15) is 22.5 Å². The molecule has 6 heteroatoms. The summed E-state index contributed by atoms with van der Waals surface area (Å²) in [4.78, 5) is 25.2. The van der Waals surface area contributed by atoms with Gasteiger partial charge in [-0.15, -0.1) is 0 Å². The lowest BCUT2D eigenvalue weighted by Gasteiger charge is -2.23. The van der Waals surface area contributed by atoms with Crippen LogP contribution in [0.5, 0.6) is 11.5 Å². The van der Waals surface area contributed by atoms with E-state index in [0.717, 1.165) is 25.7 Å². The Hall–Kier alpha value is -3.59. The average molecular weight is 474 g/mol. The van der Waals surface area contributed by atoms with Crippen LogP contribution in [-0.4, -0.2) is 22.6 Å². The summed E-state index contributed by atoms with van der Waals surface area (Å²) >= 11 is 0. The van der Waals surface area contributed by atoms with E-state index in [4.69, 9.17) is 9.47 Å². The first kappa shape index (κ1) is 24.5. The second-order valence-corrected chi connectivity index (χ2v) is 10.4. The molecule has 4 rings (SSSR count). The Balaban J connectivity index is 1.60. The number of hydrogen-bond donors (Lipinski definition) is 1. The number of aliphatic carboxylic acids is 1. The Kier molecular flexibility index (Phi) is 6.46. The fourth-order valence-electron chi connectivity index (χ4n) is 5.81. The van der Waals surface area contributed by atoms with E-state index >= 15 is 0 Å². The predicted octanol–water partition coefficient (Wildman–Crippen LogP) is 6.25. The van der Waals surface area contributed by atoms with E-state index in [9.17, 15) is 20.0 Å². The van der Waals surface area contributed by atoms with Gasteiger partial charge in [0.25, 0.3) is 0 Å². The van der Waals surface area contributed by atoms with E-state index in [1.807, 2.05) is 51.1 Å². The maximum absolute atomic E-state index is 12.7. The molecular weight excluding hydrogens is 442 g/mol. The monoisotopic (exact) mass is 473 g/mol. The van der Waals surface area contributed by atoms with E-state index in [2.05, 4.69) is 6.07 Å². The highest BCUT2D eigenvalue weighted by atomic mass is 16.6. The largest absolute Gasteiger partial charge is 0.481 e. The molecule has 35 heavy (non-hydrogen) atoms. The molecule has 0 bridgehead atoms. The number of carboxylic acids is 1. The van der Waals surface area contributed by atoms with Crippen molar-refractivity contribution in [1.29, 1.82) is 5.26 Å². The quantitative estimate of drug-likeness (QED) is 0.360. The van der Waals surface area contributed by atoms with Crippen molar-refractivity contribution in [3.63, 3.8) is 0 Å². The van der Waals surface area contributed by atoms with E-state index in [1.54, 1.807) is 30.3 Å². The highest BCUT2D eigenvalue weighted by Gasteiger charge is 2.78. The molecule has 0 spiro atoms. The third-order valence-electron chi connectivity index (χ3n) is 7.79. The molecule has 0 unspecified atom stereocenters. The summed E-state index contributed by atoms with van der Waals surface area (Å²) in [5.41, 5.74) is -2.03. The summed E-state index contributed by atoms with van der Waals surface area (Å²) in [5, 5.41) is 20.5. The summed E-state index contributed by atoms with van der Waals surface area (Å²) in [5.74, 6) is -1.81. The summed E-state index contributed by atoms with van der Waals surface area (Å²) in [6, 6.07) is 18.5. The van der Waals surface area contributed by atoms with Gasteiger partial charge in [-0.3, -0.25) is 4.79 Å². The van der Waals surface area contributed by atoms with Gasteiger partial charge < -0.3 is 14.6 Å². The molecule has 2 saturated carbocycles. The molecule has 2 aliphatic rings. The molecule has 182 valence electrons. The molecular formula is C29H31NO5. The summed E-state index contributed by atoms with van der Waals surface area (Å²) in [6.45, 7) is 5.59. The number of allylic oxidation sites excluding steroid dienone is 1. The molecule has 0 aliphatic heterocycles. The van der Waals surface area contributed by atoms with Crippen molar-refractivity contribution in [1.82, 2.24) is 0 Å². The second-order valence-electron chi connectivity index (χ2n) is 10.4. The summed E-state index contributed by atoms with van der Waals surface area (Å²) < 4.78 is 11.6. The normalized spacial score (nSPS) is 24.9. The van der Waals surface area contributed by atoms with Crippen LogP contribution in [0, 0.1) is 28.1 Å². The molecule has 2 aliphatic carbocycles. The zero-order valence-electron chi connectivity index (χ0n) is 20.4. The zero-order valence-corrected chi connectivity index (χ0v) is 20.4. The Morgan fingerprint density at radius 2 is 1.71 bits per heavy atom. The van der Waals surface area contributed by atoms with Crippen LogP contribution in [0.15, 0.2) is 66.7 Å². The maximum atomic E-state index is 12.7. The molecule has 0 heterocycles. The van der Waals surface area contributed by atoms with Crippen molar-refractivity contribution in [3.05, 3.63) is 72.3 Å². The fourth-order valence-corrected chi connectivity index (χ4v) is 5.81. The molecule has 2 aromatic carbocycles. The number of rotatable bonds is 8. The van der Waals surface area contributed by atoms with Crippen LogP contribution in [0.25, 0.3) is 0 Å². The number of nitriles is 1. The molecule has 6 nitrogen and oxygen atoms in total. The Bertz CT molecular complexity index is 1170. The first-order valence-corrected chi connectivity index (χ1v) is 12.0. The van der Waals surface area contributed by atoms with Crippen molar-refractivity contribution in [2.75, 3.05) is 0 Å². The molecule has 0 saturated heterocycles. The molecule has 1 N–H and O–H groups in total. The Morgan fingerprint density at radius 3 is 2.34 bits per heavy atom. The SMILES string of the molecule is CC1(OC(=O)/C=C\[C@H]2C(C)(C)[C@]2(C(=O)O)[C@@H](C#N)c2cccc(Oc3ccccc3)c2)CCCC1. The van der Waals surface area contributed by atoms with Gasteiger partial charge in [0, 0.05) is 12.0 Å². The van der Waals surface area contributed by atoms with Crippen LogP contribution in [-0.2, 0) is 14.3 Å². The van der Waals surface area contributed by atoms with Gasteiger partial charge in [0.15, 0.2) is 0 Å². The fraction of sp³-hybridized carbons (Fsp3) is 0.414. The molecule has 0 aromatic heterocycles. The zero-order chi connectivity index (χ0) is 25.3. The molecule has 2 fully saturated rings. The molecule has 0 radical (unpaired) electrons. The highest BCUT2D eigenvalue weighted by Crippen LogP contribution is 2.75. The predicted molar refractivity (Wildman–Crippen MR) is 131 cm³/mol. The summed E-state index contributed by atoms with van der Waals surface area (Å²) in [7, 11) is 0. The van der Waals surface area contributed by atoms with Crippen LogP contribution in [0.2, 0.25) is 0 Å². The Morgan fingerprint density at radius 1 is 1.06 bits per heavy atom. The van der Waals surface area contributed by atoms with Crippen molar-refractivity contribution in [2.24, 2.45) is 16.7 Å². The lowest BCUT2D eigenvalue weighted by molar-refractivity contribution is -0.151. The number of para-hydroxylation sites is 1. The number of carbonyl (C=O) groups excluding carboxylic acids is 1. The van der Waals surface area contributed by atoms with Crippen LogP contribution in [0.4, 0.5) is 0 Å². The van der Waals surface area contributed by atoms with E-state index in [0.29, 0.717) is 17.1 Å². The van der Waals surface area contributed by atoms with Crippen LogP contribution in [0.3, 0.4) is 0 Å². The molecule has 2 aromatic rings. The maximum Gasteiger partial charge on any atom is 0.330 e. The van der Waals surface area contributed by atoms with Crippen molar-refractivity contribution < 1.29 is 24.2 Å². The number of esters is 1. The smallest absolute Gasteiger partial charge is 0.330 e. The van der Waals surface area contributed by atoms with Crippen molar-refractivity contribution >= 4 is 11.9 Å². The van der Waals surface area contributed by atoms with E-state index in [-0.39, 0.29) is 0 Å². The summed E-state index contributed by atoms with van der Waals surface area (Å²) in [6.07, 6.45) is 6.68. The van der Waals surface area contributed by atoms with Gasteiger partial charge in [-0.1, -0.05) is 50.3 Å². The number of carbonyl (C=O) groups is 2. The third kappa shape index (κ3) is 4.43. The minimum Gasteiger partial charge on any atom is -0.481 e. The minimum atomic E-state index is -1.39. The lowest BCUT2D eigenvalue weighted by atomic mass is 9.78. The van der Waals surface area contributed by atoms with Gasteiger partial charge in [0.05, 0.1) is 12.0 Å². The third-order valence-corrected chi connectivity index (χ3v) is 7.79. The second kappa shape index (κ2) is 9.22. The average Bonchev–Trinajstić information content (AvgIpc) is 3.06. The minimum absolute atomic E-state index is 0.460. The van der Waals surface area contributed by atoms with Crippen LogP contribution in [0.1, 0.15) is 57.9 Å². The van der Waals surface area contributed by atoms with E-state index in [1.165, 1.54) is 6.08 Å². The number of nitrogens with zero attached hydrogens (tertiary/aromatic N) is 1.